The van der Waals surface area contributed by atoms with E-state index in [1.165, 1.54) is 5.56 Å². The van der Waals surface area contributed by atoms with E-state index in [-0.39, 0.29) is 11.9 Å². The zero-order chi connectivity index (χ0) is 22.7. The smallest absolute Gasteiger partial charge is 0.269 e. The minimum absolute atomic E-state index is 0.161. The standard InChI is InChI=1S/C24H21ClN6O/c1-15-3-5-17(6-4-15)22-12-23(29-28-22)24(32)27-16(2)14-31-10-9-21(30-31)18-7-8-19(13-26)20(25)11-18/h3-12,16H,14H2,1-2H3,(H,27,32)(H,28,29)/t16-/m0/s1. The summed E-state index contributed by atoms with van der Waals surface area (Å²) in [6.45, 7) is 4.43. The van der Waals surface area contributed by atoms with E-state index < -0.39 is 0 Å². The Labute approximate surface area is 190 Å². The van der Waals surface area contributed by atoms with Gasteiger partial charge in [0.2, 0.25) is 0 Å². The number of rotatable bonds is 6. The van der Waals surface area contributed by atoms with Crippen molar-refractivity contribution in [1.29, 1.82) is 5.26 Å². The summed E-state index contributed by atoms with van der Waals surface area (Å²) in [6.07, 6.45) is 1.84. The summed E-state index contributed by atoms with van der Waals surface area (Å²) in [5, 5.41) is 24.0. The lowest BCUT2D eigenvalue weighted by Gasteiger charge is -2.13. The molecule has 0 aliphatic heterocycles. The Morgan fingerprint density at radius 1 is 1.16 bits per heavy atom. The van der Waals surface area contributed by atoms with Crippen LogP contribution < -0.4 is 5.32 Å². The molecule has 0 bridgehead atoms. The van der Waals surface area contributed by atoms with Crippen molar-refractivity contribution in [3.63, 3.8) is 0 Å². The van der Waals surface area contributed by atoms with E-state index in [9.17, 15) is 4.79 Å². The summed E-state index contributed by atoms with van der Waals surface area (Å²) in [7, 11) is 0. The Morgan fingerprint density at radius 2 is 1.91 bits per heavy atom. The summed E-state index contributed by atoms with van der Waals surface area (Å²) in [6, 6.07) is 18.7. The van der Waals surface area contributed by atoms with E-state index >= 15 is 0 Å². The minimum atomic E-state index is -0.227. The average molecular weight is 445 g/mol. The van der Waals surface area contributed by atoms with Crippen LogP contribution in [0.15, 0.2) is 60.8 Å². The number of amides is 1. The highest BCUT2D eigenvalue weighted by Gasteiger charge is 2.15. The van der Waals surface area contributed by atoms with E-state index in [1.807, 2.05) is 62.5 Å². The molecule has 4 rings (SSSR count). The second-order valence-electron chi connectivity index (χ2n) is 7.64. The van der Waals surface area contributed by atoms with Gasteiger partial charge < -0.3 is 5.32 Å². The van der Waals surface area contributed by atoms with Gasteiger partial charge in [-0.05, 0) is 38.1 Å². The number of aryl methyl sites for hydroxylation is 1. The van der Waals surface area contributed by atoms with E-state index in [2.05, 4.69) is 20.6 Å². The van der Waals surface area contributed by atoms with Crippen LogP contribution in [0.3, 0.4) is 0 Å². The number of halogens is 1. The molecule has 1 atom stereocenters. The molecular weight excluding hydrogens is 424 g/mol. The highest BCUT2D eigenvalue weighted by molar-refractivity contribution is 6.32. The van der Waals surface area contributed by atoms with Gasteiger partial charge in [0, 0.05) is 23.4 Å². The highest BCUT2D eigenvalue weighted by Crippen LogP contribution is 2.24. The summed E-state index contributed by atoms with van der Waals surface area (Å²) in [5.74, 6) is -0.227. The van der Waals surface area contributed by atoms with E-state index in [4.69, 9.17) is 16.9 Å². The molecule has 0 saturated heterocycles. The predicted molar refractivity (Wildman–Crippen MR) is 123 cm³/mol. The molecule has 2 aromatic carbocycles. The van der Waals surface area contributed by atoms with Gasteiger partial charge in [0.15, 0.2) is 0 Å². The van der Waals surface area contributed by atoms with Crippen molar-refractivity contribution < 1.29 is 4.79 Å². The lowest BCUT2D eigenvalue weighted by atomic mass is 10.1. The quantitative estimate of drug-likeness (QED) is 0.454. The van der Waals surface area contributed by atoms with Gasteiger partial charge in [-0.1, -0.05) is 47.5 Å². The first-order chi connectivity index (χ1) is 15.4. The fourth-order valence-corrected chi connectivity index (χ4v) is 3.54. The Balaban J connectivity index is 1.38. The molecule has 0 unspecified atom stereocenters. The van der Waals surface area contributed by atoms with Crippen LogP contribution in [0.25, 0.3) is 22.5 Å². The number of H-pyrrole nitrogens is 1. The molecule has 7 nitrogen and oxygen atoms in total. The first-order valence-corrected chi connectivity index (χ1v) is 10.5. The van der Waals surface area contributed by atoms with E-state index in [0.29, 0.717) is 22.8 Å². The summed E-state index contributed by atoms with van der Waals surface area (Å²) in [5.41, 5.74) is 5.24. The van der Waals surface area contributed by atoms with Gasteiger partial charge in [-0.3, -0.25) is 14.6 Å². The number of carbonyl (C=O) groups is 1. The van der Waals surface area contributed by atoms with Gasteiger partial charge in [-0.2, -0.15) is 15.5 Å². The molecule has 0 saturated carbocycles. The van der Waals surface area contributed by atoms with Crippen LogP contribution in [-0.2, 0) is 6.54 Å². The number of benzene rings is 2. The van der Waals surface area contributed by atoms with Crippen LogP contribution >= 0.6 is 11.6 Å². The Kier molecular flexibility index (Phi) is 6.06. The molecule has 1 amide bonds. The average Bonchev–Trinajstić information content (AvgIpc) is 3.44. The van der Waals surface area contributed by atoms with Crippen LogP contribution in [0.2, 0.25) is 5.02 Å². The lowest BCUT2D eigenvalue weighted by molar-refractivity contribution is 0.0931. The topological polar surface area (TPSA) is 99.4 Å². The van der Waals surface area contributed by atoms with Gasteiger partial charge in [-0.25, -0.2) is 0 Å². The van der Waals surface area contributed by atoms with Gasteiger partial charge >= 0.3 is 0 Å². The van der Waals surface area contributed by atoms with Crippen molar-refractivity contribution >= 4 is 17.5 Å². The van der Waals surface area contributed by atoms with Crippen LogP contribution in [0.4, 0.5) is 0 Å². The second kappa shape index (κ2) is 9.08. The predicted octanol–water partition coefficient (Wildman–Crippen LogP) is 4.59. The summed E-state index contributed by atoms with van der Waals surface area (Å²) in [4.78, 5) is 12.6. The molecule has 0 aliphatic carbocycles. The molecule has 160 valence electrons. The maximum Gasteiger partial charge on any atom is 0.269 e. The van der Waals surface area contributed by atoms with Crippen molar-refractivity contribution in [2.24, 2.45) is 0 Å². The normalized spacial score (nSPS) is 11.7. The third kappa shape index (κ3) is 4.71. The number of hydrogen-bond donors (Lipinski definition) is 2. The van der Waals surface area contributed by atoms with Crippen molar-refractivity contribution in [2.75, 3.05) is 0 Å². The number of nitriles is 1. The Bertz CT molecular complexity index is 1300. The van der Waals surface area contributed by atoms with Crippen LogP contribution in [0.5, 0.6) is 0 Å². The Hall–Kier alpha value is -3.89. The first-order valence-electron chi connectivity index (χ1n) is 10.1. The van der Waals surface area contributed by atoms with E-state index in [1.54, 1.807) is 22.9 Å². The molecule has 2 aromatic heterocycles. The van der Waals surface area contributed by atoms with Crippen molar-refractivity contribution in [3.05, 3.63) is 82.6 Å². The largest absolute Gasteiger partial charge is 0.346 e. The van der Waals surface area contributed by atoms with Crippen LogP contribution in [-0.4, -0.2) is 31.9 Å². The number of aromatic amines is 1. The zero-order valence-corrected chi connectivity index (χ0v) is 18.4. The van der Waals surface area contributed by atoms with Crippen molar-refractivity contribution in [3.8, 4) is 28.6 Å². The summed E-state index contributed by atoms with van der Waals surface area (Å²) >= 11 is 6.12. The number of nitrogens with zero attached hydrogens (tertiary/aromatic N) is 4. The molecule has 0 radical (unpaired) electrons. The SMILES string of the molecule is Cc1ccc(-c2cc(C(=O)N[C@@H](C)Cn3ccc(-c4ccc(C#N)c(Cl)c4)n3)[nH]n2)cc1. The minimum Gasteiger partial charge on any atom is -0.346 e. The zero-order valence-electron chi connectivity index (χ0n) is 17.6. The van der Waals surface area contributed by atoms with Gasteiger partial charge in [0.05, 0.1) is 28.5 Å². The molecule has 0 fully saturated rings. The molecule has 32 heavy (non-hydrogen) atoms. The van der Waals surface area contributed by atoms with Crippen molar-refractivity contribution in [2.45, 2.75) is 26.4 Å². The maximum atomic E-state index is 12.6. The molecule has 4 aromatic rings. The molecule has 2 N–H and O–H groups in total. The van der Waals surface area contributed by atoms with Crippen LogP contribution in [0.1, 0.15) is 28.5 Å². The van der Waals surface area contributed by atoms with Gasteiger partial charge in [0.25, 0.3) is 5.91 Å². The monoisotopic (exact) mass is 444 g/mol. The lowest BCUT2D eigenvalue weighted by Crippen LogP contribution is -2.36. The molecule has 0 spiro atoms. The third-order valence-corrected chi connectivity index (χ3v) is 5.35. The Morgan fingerprint density at radius 3 is 2.62 bits per heavy atom. The first kappa shape index (κ1) is 21.3. The number of nitrogens with one attached hydrogen (secondary N) is 2. The highest BCUT2D eigenvalue weighted by atomic mass is 35.5. The van der Waals surface area contributed by atoms with E-state index in [0.717, 1.165) is 22.5 Å². The molecule has 0 aliphatic rings. The molecule has 2 heterocycles. The maximum absolute atomic E-state index is 12.6. The fraction of sp³-hybridized carbons (Fsp3) is 0.167. The number of aromatic nitrogens is 4. The number of carbonyl (C=O) groups excluding carboxylic acids is 1. The van der Waals surface area contributed by atoms with Crippen LogP contribution in [0, 0.1) is 18.3 Å². The van der Waals surface area contributed by atoms with Crippen molar-refractivity contribution in [1.82, 2.24) is 25.3 Å². The molecule has 8 heteroatoms. The summed E-state index contributed by atoms with van der Waals surface area (Å²) < 4.78 is 1.76. The third-order valence-electron chi connectivity index (χ3n) is 5.03. The second-order valence-corrected chi connectivity index (χ2v) is 8.04. The van der Waals surface area contributed by atoms with Gasteiger partial charge in [0.1, 0.15) is 11.8 Å². The fourth-order valence-electron chi connectivity index (χ4n) is 3.32. The number of hydrogen-bond acceptors (Lipinski definition) is 4. The van der Waals surface area contributed by atoms with Gasteiger partial charge in [-0.15, -0.1) is 0 Å². The molecular formula is C24H21ClN6O.